The van der Waals surface area contributed by atoms with Crippen LogP contribution in [0.2, 0.25) is 0 Å². The maximum absolute atomic E-state index is 11.5. The number of hydrogen-bond acceptors (Lipinski definition) is 3. The first kappa shape index (κ1) is 14.0. The van der Waals surface area contributed by atoms with E-state index in [1.807, 2.05) is 0 Å². The van der Waals surface area contributed by atoms with Crippen LogP contribution in [0.15, 0.2) is 0 Å². The smallest absolute Gasteiger partial charge is 0.153 e. The molecule has 0 saturated heterocycles. The molecule has 4 heteroatoms. The number of sulfone groups is 1. The van der Waals surface area contributed by atoms with Gasteiger partial charge in [-0.15, -0.1) is 0 Å². The Morgan fingerprint density at radius 1 is 1.31 bits per heavy atom. The summed E-state index contributed by atoms with van der Waals surface area (Å²) in [7, 11) is -2.97. The van der Waals surface area contributed by atoms with Crippen molar-refractivity contribution >= 4 is 9.84 Å². The molecule has 0 unspecified atom stereocenters. The Morgan fingerprint density at radius 2 is 1.81 bits per heavy atom. The minimum absolute atomic E-state index is 0.522. The van der Waals surface area contributed by atoms with Crippen LogP contribution in [-0.2, 0) is 9.84 Å². The summed E-state index contributed by atoms with van der Waals surface area (Å²) in [5.41, 5.74) is 0. The third-order valence-corrected chi connectivity index (χ3v) is 6.09. The van der Waals surface area contributed by atoms with E-state index in [1.54, 1.807) is 13.8 Å². The molecule has 1 N–H and O–H groups in total. The van der Waals surface area contributed by atoms with Crippen LogP contribution in [0.3, 0.4) is 0 Å². The third-order valence-electron chi connectivity index (χ3n) is 3.94. The van der Waals surface area contributed by atoms with Crippen LogP contribution in [0.4, 0.5) is 0 Å². The Kier molecular flexibility index (Phi) is 4.06. The summed E-state index contributed by atoms with van der Waals surface area (Å²) >= 11 is 0. The zero-order valence-corrected chi connectivity index (χ0v) is 11.9. The summed E-state index contributed by atoms with van der Waals surface area (Å²) in [5, 5.41) is 3.37. The Labute approximate surface area is 99.9 Å². The fourth-order valence-corrected chi connectivity index (χ4v) is 2.24. The highest BCUT2D eigenvalue weighted by Gasteiger charge is 2.35. The van der Waals surface area contributed by atoms with E-state index in [4.69, 9.17) is 0 Å². The van der Waals surface area contributed by atoms with E-state index in [0.717, 1.165) is 11.8 Å². The van der Waals surface area contributed by atoms with E-state index in [9.17, 15) is 8.42 Å². The summed E-state index contributed by atoms with van der Waals surface area (Å²) in [5.74, 6) is 1.57. The third kappa shape index (κ3) is 3.20. The molecule has 0 heterocycles. The van der Waals surface area contributed by atoms with Crippen molar-refractivity contribution in [3.8, 4) is 0 Å². The average molecular weight is 247 g/mol. The Hall–Kier alpha value is -0.0900. The quantitative estimate of drug-likeness (QED) is 0.806. The van der Waals surface area contributed by atoms with Crippen LogP contribution in [-0.4, -0.2) is 32.0 Å². The van der Waals surface area contributed by atoms with Gasteiger partial charge in [0.1, 0.15) is 0 Å². The Morgan fingerprint density at radius 3 is 2.19 bits per heavy atom. The zero-order valence-electron chi connectivity index (χ0n) is 11.1. The van der Waals surface area contributed by atoms with Gasteiger partial charge in [-0.3, -0.25) is 0 Å². The number of hydrogen-bond donors (Lipinski definition) is 1. The Balaban J connectivity index is 2.33. The highest BCUT2D eigenvalue weighted by molar-refractivity contribution is 7.92. The molecule has 0 atom stereocenters. The van der Waals surface area contributed by atoms with E-state index in [0.29, 0.717) is 12.6 Å². The van der Waals surface area contributed by atoms with Crippen molar-refractivity contribution in [1.82, 2.24) is 5.32 Å². The molecule has 0 aromatic heterocycles. The van der Waals surface area contributed by atoms with E-state index in [1.165, 1.54) is 19.1 Å². The van der Waals surface area contributed by atoms with Crippen LogP contribution in [0.5, 0.6) is 0 Å². The van der Waals surface area contributed by atoms with Crippen molar-refractivity contribution in [2.75, 3.05) is 12.8 Å². The normalized spacial score (nSPS) is 26.9. The fourth-order valence-electron chi connectivity index (χ4n) is 1.89. The first-order valence-electron chi connectivity index (χ1n) is 6.06. The summed E-state index contributed by atoms with van der Waals surface area (Å²) in [6.07, 6.45) is 3.70. The molecule has 0 aromatic rings. The van der Waals surface area contributed by atoms with Crippen LogP contribution >= 0.6 is 0 Å². The van der Waals surface area contributed by atoms with E-state index in [-0.39, 0.29) is 0 Å². The van der Waals surface area contributed by atoms with E-state index in [2.05, 4.69) is 19.2 Å². The zero-order chi connectivity index (χ0) is 12.6. The lowest BCUT2D eigenvalue weighted by atomic mass is 9.73. The van der Waals surface area contributed by atoms with Gasteiger partial charge in [0.15, 0.2) is 9.84 Å². The minimum atomic E-state index is -2.97. The van der Waals surface area contributed by atoms with Gasteiger partial charge in [-0.1, -0.05) is 13.8 Å². The lowest BCUT2D eigenvalue weighted by molar-refractivity contribution is 0.166. The highest BCUT2D eigenvalue weighted by Crippen LogP contribution is 2.33. The summed E-state index contributed by atoms with van der Waals surface area (Å²) in [6, 6.07) is 0.522. The lowest BCUT2D eigenvalue weighted by Crippen LogP contribution is -2.50. The number of nitrogens with one attached hydrogen (secondary N) is 1. The van der Waals surface area contributed by atoms with Gasteiger partial charge in [0, 0.05) is 18.8 Å². The second-order valence-corrected chi connectivity index (χ2v) is 8.73. The second kappa shape index (κ2) is 4.65. The summed E-state index contributed by atoms with van der Waals surface area (Å²) < 4.78 is 22.4. The van der Waals surface area contributed by atoms with Gasteiger partial charge in [0.25, 0.3) is 0 Å². The first-order chi connectivity index (χ1) is 7.13. The predicted molar refractivity (Wildman–Crippen MR) is 68.3 cm³/mol. The monoisotopic (exact) mass is 247 g/mol. The van der Waals surface area contributed by atoms with Crippen molar-refractivity contribution < 1.29 is 8.42 Å². The van der Waals surface area contributed by atoms with Gasteiger partial charge in [-0.05, 0) is 38.5 Å². The van der Waals surface area contributed by atoms with E-state index >= 15 is 0 Å². The lowest BCUT2D eigenvalue weighted by Gasteiger charge is -2.40. The molecule has 0 bridgehead atoms. The SMILES string of the molecule is CC(C)C1CC(NCC(C)(C)S(C)(=O)=O)C1. The van der Waals surface area contributed by atoms with Gasteiger partial charge in [-0.25, -0.2) is 8.42 Å². The van der Waals surface area contributed by atoms with Gasteiger partial charge < -0.3 is 5.32 Å². The molecule has 1 aliphatic rings. The van der Waals surface area contributed by atoms with E-state index < -0.39 is 14.6 Å². The Bertz CT molecular complexity index is 327. The van der Waals surface area contributed by atoms with Crippen LogP contribution < -0.4 is 5.32 Å². The highest BCUT2D eigenvalue weighted by atomic mass is 32.2. The largest absolute Gasteiger partial charge is 0.312 e. The first-order valence-corrected chi connectivity index (χ1v) is 7.95. The predicted octanol–water partition coefficient (Wildman–Crippen LogP) is 1.83. The van der Waals surface area contributed by atoms with Crippen molar-refractivity contribution in [1.29, 1.82) is 0 Å². The van der Waals surface area contributed by atoms with Crippen molar-refractivity contribution in [3.63, 3.8) is 0 Å². The molecule has 1 fully saturated rings. The molecule has 0 amide bonds. The minimum Gasteiger partial charge on any atom is -0.312 e. The molecule has 16 heavy (non-hydrogen) atoms. The topological polar surface area (TPSA) is 46.2 Å². The van der Waals surface area contributed by atoms with Crippen molar-refractivity contribution in [2.45, 2.75) is 51.3 Å². The van der Waals surface area contributed by atoms with Gasteiger partial charge in [0.05, 0.1) is 4.75 Å². The summed E-state index contributed by atoms with van der Waals surface area (Å²) in [6.45, 7) is 8.63. The summed E-state index contributed by atoms with van der Waals surface area (Å²) in [4.78, 5) is 0. The fraction of sp³-hybridized carbons (Fsp3) is 1.00. The average Bonchev–Trinajstić information content (AvgIpc) is 1.97. The van der Waals surface area contributed by atoms with Gasteiger partial charge in [-0.2, -0.15) is 0 Å². The molecule has 0 aliphatic heterocycles. The van der Waals surface area contributed by atoms with Crippen molar-refractivity contribution in [3.05, 3.63) is 0 Å². The molecule has 0 spiro atoms. The molecule has 1 aliphatic carbocycles. The van der Waals surface area contributed by atoms with Gasteiger partial charge >= 0.3 is 0 Å². The standard InChI is InChI=1S/C12H25NO2S/c1-9(2)10-6-11(7-10)13-8-12(3,4)16(5,14)15/h9-11,13H,6-8H2,1-5H3. The van der Waals surface area contributed by atoms with Crippen molar-refractivity contribution in [2.24, 2.45) is 11.8 Å². The molecular formula is C12H25NO2S. The maximum Gasteiger partial charge on any atom is 0.153 e. The second-order valence-electron chi connectivity index (χ2n) is 6.09. The molecule has 3 nitrogen and oxygen atoms in total. The molecule has 0 radical (unpaired) electrons. The van der Waals surface area contributed by atoms with Crippen LogP contribution in [0, 0.1) is 11.8 Å². The van der Waals surface area contributed by atoms with Crippen LogP contribution in [0.25, 0.3) is 0 Å². The molecule has 96 valence electrons. The van der Waals surface area contributed by atoms with Gasteiger partial charge in [0.2, 0.25) is 0 Å². The molecule has 0 aromatic carbocycles. The van der Waals surface area contributed by atoms with Crippen LogP contribution in [0.1, 0.15) is 40.5 Å². The molecule has 1 rings (SSSR count). The molecular weight excluding hydrogens is 222 g/mol. The molecule has 1 saturated carbocycles. The maximum atomic E-state index is 11.5. The number of rotatable bonds is 5.